The van der Waals surface area contributed by atoms with Gasteiger partial charge in [-0.05, 0) is 0 Å². The van der Waals surface area contributed by atoms with Gasteiger partial charge in [0, 0.05) is 19.3 Å². The summed E-state index contributed by atoms with van der Waals surface area (Å²) in [4.78, 5) is 7.87. The van der Waals surface area contributed by atoms with Crippen molar-refractivity contribution in [3.63, 3.8) is 0 Å². The Balaban J connectivity index is 2.30. The molecule has 16 heavy (non-hydrogen) atoms. The van der Waals surface area contributed by atoms with Gasteiger partial charge in [-0.1, -0.05) is 0 Å². The number of nitrogens with one attached hydrogen (secondary N) is 1. The van der Waals surface area contributed by atoms with E-state index in [2.05, 4.69) is 20.4 Å². The Hall–Kier alpha value is -2.31. The third kappa shape index (κ3) is 1.88. The summed E-state index contributed by atoms with van der Waals surface area (Å²) in [6, 6.07) is 1.82. The molecular formula is C9H12N6O. The molecule has 2 rings (SSSR count). The van der Waals surface area contributed by atoms with Crippen LogP contribution in [-0.2, 0) is 7.05 Å². The number of methoxy groups -OCH3 is 1. The number of rotatable bonds is 3. The highest BCUT2D eigenvalue weighted by atomic mass is 16.5. The van der Waals surface area contributed by atoms with Crippen molar-refractivity contribution in [2.75, 3.05) is 18.2 Å². The molecule has 0 radical (unpaired) electrons. The molecule has 84 valence electrons. The van der Waals surface area contributed by atoms with Crippen LogP contribution in [0.25, 0.3) is 0 Å². The molecule has 2 heterocycles. The van der Waals surface area contributed by atoms with Crippen molar-refractivity contribution in [2.45, 2.75) is 0 Å². The molecule has 7 nitrogen and oxygen atoms in total. The maximum Gasteiger partial charge on any atom is 0.204 e. The van der Waals surface area contributed by atoms with E-state index in [0.717, 1.165) is 0 Å². The van der Waals surface area contributed by atoms with Gasteiger partial charge in [-0.15, -0.1) is 0 Å². The lowest BCUT2D eigenvalue weighted by atomic mass is 10.4. The van der Waals surface area contributed by atoms with Crippen LogP contribution in [-0.4, -0.2) is 26.9 Å². The molecule has 3 N–H and O–H groups in total. The minimum absolute atomic E-state index is 0.288. The molecule has 0 aliphatic heterocycles. The van der Waals surface area contributed by atoms with Crippen LogP contribution in [0.3, 0.4) is 0 Å². The summed E-state index contributed by atoms with van der Waals surface area (Å²) < 4.78 is 6.79. The van der Waals surface area contributed by atoms with Crippen molar-refractivity contribution in [2.24, 2.45) is 7.05 Å². The Bertz CT molecular complexity index is 494. The first-order valence-corrected chi connectivity index (χ1v) is 4.62. The first-order valence-electron chi connectivity index (χ1n) is 4.62. The van der Waals surface area contributed by atoms with Gasteiger partial charge in [0.1, 0.15) is 6.33 Å². The Kier molecular flexibility index (Phi) is 2.59. The van der Waals surface area contributed by atoms with E-state index in [1.54, 1.807) is 4.68 Å². The van der Waals surface area contributed by atoms with Crippen LogP contribution in [0.5, 0.6) is 5.75 Å². The Morgan fingerprint density at radius 2 is 2.25 bits per heavy atom. The van der Waals surface area contributed by atoms with Gasteiger partial charge < -0.3 is 15.8 Å². The van der Waals surface area contributed by atoms with Crippen LogP contribution >= 0.6 is 0 Å². The number of ether oxygens (including phenoxy) is 1. The van der Waals surface area contributed by atoms with E-state index in [1.807, 2.05) is 19.3 Å². The molecule has 0 aromatic carbocycles. The zero-order chi connectivity index (χ0) is 11.5. The average molecular weight is 220 g/mol. The highest BCUT2D eigenvalue weighted by molar-refractivity contribution is 5.66. The van der Waals surface area contributed by atoms with Crippen molar-refractivity contribution in [1.29, 1.82) is 0 Å². The topological polar surface area (TPSA) is 90.9 Å². The fourth-order valence-electron chi connectivity index (χ4n) is 1.28. The summed E-state index contributed by atoms with van der Waals surface area (Å²) in [6.07, 6.45) is 3.18. The Morgan fingerprint density at radius 3 is 2.88 bits per heavy atom. The minimum atomic E-state index is 0.288. The molecule has 0 fully saturated rings. The maximum absolute atomic E-state index is 5.65. The smallest absolute Gasteiger partial charge is 0.204 e. The van der Waals surface area contributed by atoms with E-state index in [-0.39, 0.29) is 5.82 Å². The van der Waals surface area contributed by atoms with Crippen molar-refractivity contribution in [1.82, 2.24) is 19.7 Å². The lowest BCUT2D eigenvalue weighted by Crippen LogP contribution is -2.03. The summed E-state index contributed by atoms with van der Waals surface area (Å²) in [6.45, 7) is 0. The number of nitrogens with two attached hydrogens (primary N) is 1. The van der Waals surface area contributed by atoms with Crippen molar-refractivity contribution >= 4 is 17.5 Å². The van der Waals surface area contributed by atoms with Crippen molar-refractivity contribution < 1.29 is 4.74 Å². The van der Waals surface area contributed by atoms with Gasteiger partial charge in [0.15, 0.2) is 17.5 Å². The first-order chi connectivity index (χ1) is 7.70. The van der Waals surface area contributed by atoms with E-state index in [4.69, 9.17) is 10.5 Å². The van der Waals surface area contributed by atoms with Gasteiger partial charge in [-0.25, -0.2) is 9.97 Å². The predicted molar refractivity (Wildman–Crippen MR) is 59.5 cm³/mol. The zero-order valence-electron chi connectivity index (χ0n) is 9.01. The third-order valence-electron chi connectivity index (χ3n) is 2.00. The van der Waals surface area contributed by atoms with E-state index < -0.39 is 0 Å². The molecule has 2 aromatic rings. The number of nitrogens with zero attached hydrogens (tertiary/aromatic N) is 4. The number of aromatic nitrogens is 4. The highest BCUT2D eigenvalue weighted by Gasteiger charge is 2.10. The molecular weight excluding hydrogens is 208 g/mol. The second kappa shape index (κ2) is 4.05. The largest absolute Gasteiger partial charge is 0.490 e. The fourth-order valence-corrected chi connectivity index (χ4v) is 1.28. The summed E-state index contributed by atoms with van der Waals surface area (Å²) in [7, 11) is 3.34. The monoisotopic (exact) mass is 220 g/mol. The van der Waals surface area contributed by atoms with Crippen molar-refractivity contribution in [3.05, 3.63) is 18.6 Å². The SMILES string of the molecule is COc1c(N)ncnc1Nc1ccn(C)n1. The van der Waals surface area contributed by atoms with Crippen LogP contribution in [0.2, 0.25) is 0 Å². The summed E-state index contributed by atoms with van der Waals surface area (Å²) >= 11 is 0. The van der Waals surface area contributed by atoms with E-state index >= 15 is 0 Å². The van der Waals surface area contributed by atoms with Gasteiger partial charge in [-0.2, -0.15) is 5.10 Å². The van der Waals surface area contributed by atoms with Crippen LogP contribution in [0.15, 0.2) is 18.6 Å². The van der Waals surface area contributed by atoms with E-state index in [9.17, 15) is 0 Å². The lowest BCUT2D eigenvalue weighted by Gasteiger charge is -2.08. The van der Waals surface area contributed by atoms with Gasteiger partial charge in [0.25, 0.3) is 0 Å². The standard InChI is InChI=1S/C9H12N6O/c1-15-4-3-6(14-15)13-9-7(16-2)8(10)11-5-12-9/h3-5H,1-2H3,(H3,10,11,12,13,14). The molecule has 0 aliphatic carbocycles. The maximum atomic E-state index is 5.65. The molecule has 0 spiro atoms. The van der Waals surface area contributed by atoms with Crippen LogP contribution < -0.4 is 15.8 Å². The lowest BCUT2D eigenvalue weighted by molar-refractivity contribution is 0.415. The first kappa shape index (κ1) is 10.2. The minimum Gasteiger partial charge on any atom is -0.490 e. The van der Waals surface area contributed by atoms with Crippen LogP contribution in [0.4, 0.5) is 17.5 Å². The fraction of sp³-hybridized carbons (Fsp3) is 0.222. The molecule has 0 aliphatic rings. The van der Waals surface area contributed by atoms with Gasteiger partial charge in [0.2, 0.25) is 5.75 Å². The molecule has 0 saturated carbocycles. The number of aryl methyl sites for hydroxylation is 1. The molecule has 0 bridgehead atoms. The van der Waals surface area contributed by atoms with E-state index in [1.165, 1.54) is 13.4 Å². The number of anilines is 3. The van der Waals surface area contributed by atoms with Gasteiger partial charge >= 0.3 is 0 Å². The number of hydrogen-bond donors (Lipinski definition) is 2. The van der Waals surface area contributed by atoms with Gasteiger partial charge in [-0.3, -0.25) is 4.68 Å². The van der Waals surface area contributed by atoms with Gasteiger partial charge in [0.05, 0.1) is 7.11 Å². The zero-order valence-corrected chi connectivity index (χ0v) is 9.01. The second-order valence-electron chi connectivity index (χ2n) is 3.14. The van der Waals surface area contributed by atoms with Crippen LogP contribution in [0.1, 0.15) is 0 Å². The molecule has 0 amide bonds. The second-order valence-corrected chi connectivity index (χ2v) is 3.14. The molecule has 0 saturated heterocycles. The molecule has 0 unspecified atom stereocenters. The normalized spacial score (nSPS) is 10.1. The summed E-state index contributed by atoms with van der Waals surface area (Å²) in [5, 5.41) is 7.16. The Labute approximate surface area is 92.3 Å². The molecule has 0 atom stereocenters. The molecule has 7 heteroatoms. The number of nitrogen functional groups attached to an aromatic ring is 1. The average Bonchev–Trinajstić information content (AvgIpc) is 2.64. The Morgan fingerprint density at radius 1 is 1.44 bits per heavy atom. The third-order valence-corrected chi connectivity index (χ3v) is 2.00. The summed E-state index contributed by atoms with van der Waals surface area (Å²) in [5.41, 5.74) is 5.65. The predicted octanol–water partition coefficient (Wildman–Crippen LogP) is 0.545. The van der Waals surface area contributed by atoms with Crippen molar-refractivity contribution in [3.8, 4) is 5.75 Å². The van der Waals surface area contributed by atoms with Crippen LogP contribution in [0, 0.1) is 0 Å². The highest BCUT2D eigenvalue weighted by Crippen LogP contribution is 2.28. The summed E-state index contributed by atoms with van der Waals surface area (Å²) in [5.74, 6) is 1.86. The quantitative estimate of drug-likeness (QED) is 0.784. The van der Waals surface area contributed by atoms with E-state index in [0.29, 0.717) is 17.4 Å². The number of hydrogen-bond acceptors (Lipinski definition) is 6. The molecule has 2 aromatic heterocycles.